The molecule has 0 amide bonds. The zero-order chi connectivity index (χ0) is 11.1. The number of hydrogen-bond acceptors (Lipinski definition) is 4. The van der Waals surface area contributed by atoms with Gasteiger partial charge in [-0.05, 0) is 13.0 Å². The fourth-order valence-electron chi connectivity index (χ4n) is 1.73. The summed E-state index contributed by atoms with van der Waals surface area (Å²) in [5, 5.41) is 12.0. The number of fused-ring (bicyclic) bond motifs is 3. The minimum atomic E-state index is -0.134. The first-order chi connectivity index (χ1) is 7.81. The predicted molar refractivity (Wildman–Crippen MR) is 58.2 cm³/mol. The number of aryl methyl sites for hydroxylation is 1. The molecule has 0 aromatic carbocycles. The van der Waals surface area contributed by atoms with E-state index in [0.29, 0.717) is 23.2 Å². The molecular formula is C10H9N5O. The van der Waals surface area contributed by atoms with Gasteiger partial charge < -0.3 is 4.57 Å². The second-order valence-corrected chi connectivity index (χ2v) is 3.44. The Labute approximate surface area is 90.1 Å². The van der Waals surface area contributed by atoms with Crippen molar-refractivity contribution in [2.75, 3.05) is 0 Å². The summed E-state index contributed by atoms with van der Waals surface area (Å²) in [5.41, 5.74) is 1.54. The third-order valence-electron chi connectivity index (χ3n) is 2.56. The molecule has 80 valence electrons. The van der Waals surface area contributed by atoms with Crippen LogP contribution in [-0.2, 0) is 6.54 Å². The zero-order valence-electron chi connectivity index (χ0n) is 8.66. The molecule has 3 aromatic heterocycles. The SMILES string of the molecule is CCn1ccc2c(nnc3ccnn32)c1=O. The van der Waals surface area contributed by atoms with Gasteiger partial charge in [0.1, 0.15) is 5.52 Å². The van der Waals surface area contributed by atoms with E-state index in [-0.39, 0.29) is 5.56 Å². The number of hydrogen-bond donors (Lipinski definition) is 0. The number of pyridine rings is 1. The summed E-state index contributed by atoms with van der Waals surface area (Å²) in [6.07, 6.45) is 3.38. The van der Waals surface area contributed by atoms with Crippen molar-refractivity contribution in [1.82, 2.24) is 24.4 Å². The van der Waals surface area contributed by atoms with Gasteiger partial charge in [-0.1, -0.05) is 0 Å². The minimum absolute atomic E-state index is 0.134. The van der Waals surface area contributed by atoms with E-state index in [1.54, 1.807) is 27.5 Å². The monoisotopic (exact) mass is 215 g/mol. The van der Waals surface area contributed by atoms with Crippen LogP contribution in [0.2, 0.25) is 0 Å². The molecule has 0 atom stereocenters. The van der Waals surface area contributed by atoms with Crippen LogP contribution in [0, 0.1) is 0 Å². The molecule has 3 heterocycles. The van der Waals surface area contributed by atoms with Gasteiger partial charge in [0.2, 0.25) is 0 Å². The maximum Gasteiger partial charge on any atom is 0.280 e. The largest absolute Gasteiger partial charge is 0.314 e. The highest BCUT2D eigenvalue weighted by molar-refractivity contribution is 5.74. The first kappa shape index (κ1) is 9.02. The Balaban J connectivity index is 2.55. The van der Waals surface area contributed by atoms with Crippen LogP contribution < -0.4 is 5.56 Å². The van der Waals surface area contributed by atoms with Crippen LogP contribution in [0.15, 0.2) is 29.3 Å². The van der Waals surface area contributed by atoms with Gasteiger partial charge in [-0.15, -0.1) is 10.2 Å². The zero-order valence-corrected chi connectivity index (χ0v) is 8.66. The lowest BCUT2D eigenvalue weighted by Gasteiger charge is -2.03. The van der Waals surface area contributed by atoms with Crippen LogP contribution >= 0.6 is 0 Å². The van der Waals surface area contributed by atoms with E-state index in [0.717, 1.165) is 0 Å². The van der Waals surface area contributed by atoms with Gasteiger partial charge >= 0.3 is 0 Å². The summed E-state index contributed by atoms with van der Waals surface area (Å²) in [6.45, 7) is 2.53. The number of rotatable bonds is 1. The Morgan fingerprint density at radius 1 is 1.31 bits per heavy atom. The lowest BCUT2D eigenvalue weighted by atomic mass is 10.4. The predicted octanol–water partition coefficient (Wildman–Crippen LogP) is 0.459. The van der Waals surface area contributed by atoms with E-state index in [4.69, 9.17) is 0 Å². The van der Waals surface area contributed by atoms with Gasteiger partial charge in [-0.2, -0.15) is 5.10 Å². The van der Waals surface area contributed by atoms with Crippen molar-refractivity contribution in [3.8, 4) is 0 Å². The summed E-state index contributed by atoms with van der Waals surface area (Å²) in [6, 6.07) is 3.58. The molecule has 0 aliphatic rings. The second kappa shape index (κ2) is 3.13. The van der Waals surface area contributed by atoms with Gasteiger partial charge in [0.25, 0.3) is 5.56 Å². The van der Waals surface area contributed by atoms with Crippen molar-refractivity contribution in [1.29, 1.82) is 0 Å². The summed E-state index contributed by atoms with van der Waals surface area (Å²) in [7, 11) is 0. The summed E-state index contributed by atoms with van der Waals surface area (Å²) in [4.78, 5) is 11.9. The summed E-state index contributed by atoms with van der Waals surface area (Å²) in [5.74, 6) is 0. The van der Waals surface area contributed by atoms with Gasteiger partial charge in [-0.25, -0.2) is 4.52 Å². The Bertz CT molecular complexity index is 727. The van der Waals surface area contributed by atoms with Crippen molar-refractivity contribution in [2.45, 2.75) is 13.5 Å². The number of aromatic nitrogens is 5. The van der Waals surface area contributed by atoms with Crippen molar-refractivity contribution in [2.24, 2.45) is 0 Å². The van der Waals surface area contributed by atoms with E-state index in [9.17, 15) is 4.79 Å². The van der Waals surface area contributed by atoms with Crippen LogP contribution in [0.5, 0.6) is 0 Å². The highest BCUT2D eigenvalue weighted by Gasteiger charge is 2.07. The molecule has 3 aromatic rings. The van der Waals surface area contributed by atoms with E-state index >= 15 is 0 Å². The van der Waals surface area contributed by atoms with Gasteiger partial charge in [0.05, 0.1) is 6.20 Å². The molecule has 6 nitrogen and oxygen atoms in total. The van der Waals surface area contributed by atoms with Gasteiger partial charge in [-0.3, -0.25) is 4.79 Å². The van der Waals surface area contributed by atoms with Gasteiger partial charge in [0.15, 0.2) is 11.2 Å². The normalized spacial score (nSPS) is 11.3. The number of nitrogens with zero attached hydrogens (tertiary/aromatic N) is 5. The van der Waals surface area contributed by atoms with Gasteiger partial charge in [0, 0.05) is 18.8 Å². The average Bonchev–Trinajstić information content (AvgIpc) is 2.77. The van der Waals surface area contributed by atoms with Crippen molar-refractivity contribution in [3.05, 3.63) is 34.9 Å². The minimum Gasteiger partial charge on any atom is -0.314 e. The van der Waals surface area contributed by atoms with Crippen LogP contribution in [0.3, 0.4) is 0 Å². The Morgan fingerprint density at radius 2 is 2.19 bits per heavy atom. The third kappa shape index (κ3) is 1.06. The van der Waals surface area contributed by atoms with Crippen molar-refractivity contribution < 1.29 is 0 Å². The van der Waals surface area contributed by atoms with E-state index in [1.807, 2.05) is 13.0 Å². The fraction of sp³-hybridized carbons (Fsp3) is 0.200. The Morgan fingerprint density at radius 3 is 3.00 bits per heavy atom. The smallest absolute Gasteiger partial charge is 0.280 e. The highest BCUT2D eigenvalue weighted by Crippen LogP contribution is 2.07. The first-order valence-corrected chi connectivity index (χ1v) is 5.01. The molecule has 0 radical (unpaired) electrons. The molecule has 16 heavy (non-hydrogen) atoms. The molecule has 0 fully saturated rings. The molecule has 0 saturated carbocycles. The third-order valence-corrected chi connectivity index (χ3v) is 2.56. The fourth-order valence-corrected chi connectivity index (χ4v) is 1.73. The van der Waals surface area contributed by atoms with Crippen LogP contribution in [-0.4, -0.2) is 24.4 Å². The standard InChI is InChI=1S/C10H9N5O/c1-2-14-6-4-7-9(10(14)16)13-12-8-3-5-11-15(7)8/h3-6H,2H2,1H3. The second-order valence-electron chi connectivity index (χ2n) is 3.44. The van der Waals surface area contributed by atoms with E-state index in [2.05, 4.69) is 15.3 Å². The molecule has 0 unspecified atom stereocenters. The molecule has 0 N–H and O–H groups in total. The maximum absolute atomic E-state index is 11.9. The quantitative estimate of drug-likeness (QED) is 0.591. The summed E-state index contributed by atoms with van der Waals surface area (Å²) < 4.78 is 3.20. The Kier molecular flexibility index (Phi) is 1.76. The van der Waals surface area contributed by atoms with Crippen molar-refractivity contribution in [3.63, 3.8) is 0 Å². The van der Waals surface area contributed by atoms with Crippen LogP contribution in [0.1, 0.15) is 6.92 Å². The highest BCUT2D eigenvalue weighted by atomic mass is 16.1. The van der Waals surface area contributed by atoms with E-state index in [1.165, 1.54) is 0 Å². The average molecular weight is 215 g/mol. The lowest BCUT2D eigenvalue weighted by molar-refractivity contribution is 0.729. The van der Waals surface area contributed by atoms with Crippen LogP contribution in [0.25, 0.3) is 16.7 Å². The molecule has 0 aliphatic heterocycles. The lowest BCUT2D eigenvalue weighted by Crippen LogP contribution is -2.20. The summed E-state index contributed by atoms with van der Waals surface area (Å²) >= 11 is 0. The Hall–Kier alpha value is -2.24. The van der Waals surface area contributed by atoms with E-state index < -0.39 is 0 Å². The maximum atomic E-state index is 11.9. The molecule has 0 bridgehead atoms. The molecular weight excluding hydrogens is 206 g/mol. The first-order valence-electron chi connectivity index (χ1n) is 5.01. The van der Waals surface area contributed by atoms with Crippen LogP contribution in [0.4, 0.5) is 0 Å². The van der Waals surface area contributed by atoms with Crippen molar-refractivity contribution >= 4 is 16.7 Å². The molecule has 0 aliphatic carbocycles. The topological polar surface area (TPSA) is 65.1 Å². The molecule has 0 spiro atoms. The molecule has 3 rings (SSSR count). The molecule has 0 saturated heterocycles. The molecule has 6 heteroatoms.